The Balaban J connectivity index is 2.06. The summed E-state index contributed by atoms with van der Waals surface area (Å²) in [6.07, 6.45) is 0. The highest BCUT2D eigenvalue weighted by Gasteiger charge is 2.13. The van der Waals surface area contributed by atoms with Crippen molar-refractivity contribution in [2.75, 3.05) is 11.5 Å². The molecule has 7 heteroatoms. The van der Waals surface area contributed by atoms with E-state index in [9.17, 15) is 4.79 Å². The topological polar surface area (TPSA) is 117 Å². The minimum Gasteiger partial charge on any atom is -0.455 e. The average molecular weight is 248 g/mol. The van der Waals surface area contributed by atoms with E-state index in [1.54, 1.807) is 13.0 Å². The van der Waals surface area contributed by atoms with Crippen molar-refractivity contribution >= 4 is 17.3 Å². The van der Waals surface area contributed by atoms with Crippen molar-refractivity contribution in [2.45, 2.75) is 13.5 Å². The van der Waals surface area contributed by atoms with E-state index in [1.165, 1.54) is 12.1 Å². The van der Waals surface area contributed by atoms with Crippen molar-refractivity contribution in [1.82, 2.24) is 10.3 Å². The van der Waals surface area contributed by atoms with E-state index in [1.807, 2.05) is 0 Å². The Morgan fingerprint density at radius 3 is 2.78 bits per heavy atom. The molecule has 0 unspecified atom stereocenters. The molecule has 0 amide bonds. The molecule has 0 bridgehead atoms. The van der Waals surface area contributed by atoms with Crippen molar-refractivity contribution < 1.29 is 14.2 Å². The van der Waals surface area contributed by atoms with Crippen molar-refractivity contribution in [2.24, 2.45) is 0 Å². The van der Waals surface area contributed by atoms with Gasteiger partial charge in [0.15, 0.2) is 0 Å². The minimum atomic E-state index is -0.546. The molecule has 0 saturated heterocycles. The summed E-state index contributed by atoms with van der Waals surface area (Å²) in [7, 11) is 0. The van der Waals surface area contributed by atoms with E-state index < -0.39 is 5.97 Å². The van der Waals surface area contributed by atoms with Crippen molar-refractivity contribution in [3.63, 3.8) is 0 Å². The molecule has 94 valence electrons. The molecule has 0 fully saturated rings. The van der Waals surface area contributed by atoms with Gasteiger partial charge in [-0.3, -0.25) is 0 Å². The molecule has 2 rings (SSSR count). The number of anilines is 2. The van der Waals surface area contributed by atoms with Gasteiger partial charge in [-0.05, 0) is 25.1 Å². The first kappa shape index (κ1) is 11.9. The van der Waals surface area contributed by atoms with E-state index in [4.69, 9.17) is 16.2 Å². The number of ether oxygens (including phenoxy) is 1. The molecule has 1 aromatic carbocycles. The highest BCUT2D eigenvalue weighted by atomic mass is 16.6. The maximum Gasteiger partial charge on any atom is 0.340 e. The summed E-state index contributed by atoms with van der Waals surface area (Å²) in [4.78, 5) is 11.8. The lowest BCUT2D eigenvalue weighted by atomic mass is 10.1. The number of aromatic nitrogens is 2. The average Bonchev–Trinajstić information content (AvgIpc) is 2.72. The van der Waals surface area contributed by atoms with Crippen LogP contribution in [0.2, 0.25) is 0 Å². The molecule has 0 atom stereocenters. The van der Waals surface area contributed by atoms with Crippen LogP contribution in [0.4, 0.5) is 11.4 Å². The Bertz CT molecular complexity index is 579. The van der Waals surface area contributed by atoms with Gasteiger partial charge in [0, 0.05) is 11.4 Å². The zero-order valence-electron chi connectivity index (χ0n) is 9.71. The lowest BCUT2D eigenvalue weighted by molar-refractivity contribution is 0.0464. The van der Waals surface area contributed by atoms with Crippen LogP contribution in [0.15, 0.2) is 22.8 Å². The summed E-state index contributed by atoms with van der Waals surface area (Å²) in [6.45, 7) is 1.69. The van der Waals surface area contributed by atoms with Crippen LogP contribution in [0.5, 0.6) is 0 Å². The first-order chi connectivity index (χ1) is 8.58. The van der Waals surface area contributed by atoms with Crippen LogP contribution in [0.1, 0.15) is 21.7 Å². The summed E-state index contributed by atoms with van der Waals surface area (Å²) >= 11 is 0. The van der Waals surface area contributed by atoms with Crippen LogP contribution >= 0.6 is 0 Å². The molecular weight excluding hydrogens is 236 g/mol. The third-order valence-electron chi connectivity index (χ3n) is 2.38. The highest BCUT2D eigenvalue weighted by molar-refractivity contribution is 5.95. The number of hydrogen-bond donors (Lipinski definition) is 2. The van der Waals surface area contributed by atoms with Gasteiger partial charge in [-0.15, -0.1) is 0 Å². The first-order valence-electron chi connectivity index (χ1n) is 5.18. The predicted molar refractivity (Wildman–Crippen MR) is 63.4 cm³/mol. The number of hydrogen-bond acceptors (Lipinski definition) is 7. The monoisotopic (exact) mass is 248 g/mol. The molecule has 0 aliphatic carbocycles. The number of carbonyl (C=O) groups is 1. The number of carbonyl (C=O) groups excluding carboxylic acids is 1. The lowest BCUT2D eigenvalue weighted by Crippen LogP contribution is -2.09. The molecule has 4 N–H and O–H groups in total. The van der Waals surface area contributed by atoms with E-state index >= 15 is 0 Å². The van der Waals surface area contributed by atoms with Crippen molar-refractivity contribution in [1.29, 1.82) is 0 Å². The van der Waals surface area contributed by atoms with Gasteiger partial charge < -0.3 is 16.2 Å². The van der Waals surface area contributed by atoms with Crippen LogP contribution in [0.3, 0.4) is 0 Å². The second kappa shape index (κ2) is 4.74. The van der Waals surface area contributed by atoms with Gasteiger partial charge >= 0.3 is 5.97 Å². The second-order valence-electron chi connectivity index (χ2n) is 3.72. The van der Waals surface area contributed by atoms with Gasteiger partial charge in [0.1, 0.15) is 18.0 Å². The van der Waals surface area contributed by atoms with Gasteiger partial charge in [0.25, 0.3) is 0 Å². The Morgan fingerprint density at radius 1 is 1.39 bits per heavy atom. The molecule has 0 aliphatic rings. The molecule has 18 heavy (non-hydrogen) atoms. The Hall–Kier alpha value is -2.57. The maximum absolute atomic E-state index is 11.8. The van der Waals surface area contributed by atoms with Gasteiger partial charge in [0.2, 0.25) is 0 Å². The molecule has 1 aromatic heterocycles. The van der Waals surface area contributed by atoms with Gasteiger partial charge in [-0.1, -0.05) is 10.3 Å². The minimum absolute atomic E-state index is 0.0159. The second-order valence-corrected chi connectivity index (χ2v) is 3.72. The van der Waals surface area contributed by atoms with E-state index in [-0.39, 0.29) is 17.9 Å². The Labute approximate surface area is 103 Å². The Morgan fingerprint density at radius 2 is 2.17 bits per heavy atom. The van der Waals surface area contributed by atoms with Crippen LogP contribution in [0, 0.1) is 6.92 Å². The van der Waals surface area contributed by atoms with Gasteiger partial charge in [-0.2, -0.15) is 0 Å². The largest absolute Gasteiger partial charge is 0.455 e. The Kier molecular flexibility index (Phi) is 3.13. The lowest BCUT2D eigenvalue weighted by Gasteiger charge is -2.06. The van der Waals surface area contributed by atoms with Crippen molar-refractivity contribution in [3.05, 3.63) is 35.2 Å². The summed E-state index contributed by atoms with van der Waals surface area (Å²) in [6, 6.07) is 4.59. The number of nitrogens with two attached hydrogens (primary N) is 2. The standard InChI is InChI=1S/C11H12N4O3/c1-6-10(15-18-14-6)5-17-11(16)8-3-2-7(12)4-9(8)13/h2-4H,5,12-13H2,1H3. The molecule has 0 saturated carbocycles. The number of esters is 1. The fraction of sp³-hybridized carbons (Fsp3) is 0.182. The third-order valence-corrected chi connectivity index (χ3v) is 2.38. The highest BCUT2D eigenvalue weighted by Crippen LogP contribution is 2.17. The number of benzene rings is 1. The van der Waals surface area contributed by atoms with Crippen LogP contribution < -0.4 is 11.5 Å². The predicted octanol–water partition coefficient (Wildman–Crippen LogP) is 0.899. The molecular formula is C11H12N4O3. The summed E-state index contributed by atoms with van der Waals surface area (Å²) in [5.41, 5.74) is 13.3. The smallest absolute Gasteiger partial charge is 0.340 e. The molecule has 0 spiro atoms. The summed E-state index contributed by atoms with van der Waals surface area (Å²) in [5.74, 6) is -0.546. The number of aryl methyl sites for hydroxylation is 1. The first-order valence-corrected chi connectivity index (χ1v) is 5.18. The van der Waals surface area contributed by atoms with Crippen LogP contribution in [0.25, 0.3) is 0 Å². The van der Waals surface area contributed by atoms with E-state index in [2.05, 4.69) is 14.9 Å². The number of rotatable bonds is 3. The molecule has 0 aliphatic heterocycles. The fourth-order valence-corrected chi connectivity index (χ4v) is 1.36. The number of nitrogens with zero attached hydrogens (tertiary/aromatic N) is 2. The zero-order chi connectivity index (χ0) is 13.1. The van der Waals surface area contributed by atoms with Crippen LogP contribution in [-0.2, 0) is 11.3 Å². The zero-order valence-corrected chi connectivity index (χ0v) is 9.71. The normalized spacial score (nSPS) is 10.3. The van der Waals surface area contributed by atoms with E-state index in [0.29, 0.717) is 17.1 Å². The molecule has 2 aromatic rings. The van der Waals surface area contributed by atoms with Gasteiger partial charge in [0.05, 0.1) is 5.56 Å². The van der Waals surface area contributed by atoms with E-state index in [0.717, 1.165) is 0 Å². The quantitative estimate of drug-likeness (QED) is 0.612. The number of nitrogen functional groups attached to an aromatic ring is 2. The summed E-state index contributed by atoms with van der Waals surface area (Å²) < 4.78 is 9.54. The van der Waals surface area contributed by atoms with Crippen LogP contribution in [-0.4, -0.2) is 16.3 Å². The maximum atomic E-state index is 11.8. The molecule has 0 radical (unpaired) electrons. The van der Waals surface area contributed by atoms with Crippen molar-refractivity contribution in [3.8, 4) is 0 Å². The molecule has 7 nitrogen and oxygen atoms in total. The fourth-order valence-electron chi connectivity index (χ4n) is 1.36. The SMILES string of the molecule is Cc1nonc1COC(=O)c1ccc(N)cc1N. The third kappa shape index (κ3) is 2.40. The van der Waals surface area contributed by atoms with Gasteiger partial charge in [-0.25, -0.2) is 9.42 Å². The molecule has 1 heterocycles. The summed E-state index contributed by atoms with van der Waals surface area (Å²) in [5, 5.41) is 7.18.